The fourth-order valence-corrected chi connectivity index (χ4v) is 4.24. The second-order valence-electron chi connectivity index (χ2n) is 5.11. The van der Waals surface area contributed by atoms with E-state index in [0.717, 1.165) is 24.1 Å². The van der Waals surface area contributed by atoms with Crippen molar-refractivity contribution in [2.24, 2.45) is 0 Å². The van der Waals surface area contributed by atoms with Crippen molar-refractivity contribution < 1.29 is 8.42 Å². The number of sulfonamides is 1. The Morgan fingerprint density at radius 2 is 2.11 bits per heavy atom. The molecule has 0 saturated carbocycles. The summed E-state index contributed by atoms with van der Waals surface area (Å²) in [5.41, 5.74) is 3.45. The Balaban J connectivity index is 2.18. The van der Waals surface area contributed by atoms with Crippen LogP contribution in [0.15, 0.2) is 24.3 Å². The monoisotopic (exact) mass is 278 g/mol. The number of hydrogen-bond donors (Lipinski definition) is 1. The molecule has 0 radical (unpaired) electrons. The topological polar surface area (TPSA) is 53.2 Å². The number of aromatic amines is 1. The molecule has 2 aromatic rings. The minimum Gasteiger partial charge on any atom is -0.357 e. The van der Waals surface area contributed by atoms with Gasteiger partial charge in [-0.1, -0.05) is 25.1 Å². The number of aromatic nitrogens is 1. The van der Waals surface area contributed by atoms with E-state index in [9.17, 15) is 8.42 Å². The van der Waals surface area contributed by atoms with Crippen LogP contribution < -0.4 is 0 Å². The second-order valence-corrected chi connectivity index (χ2v) is 7.05. The first-order valence-corrected chi connectivity index (χ1v) is 8.43. The van der Waals surface area contributed by atoms with Gasteiger partial charge in [-0.15, -0.1) is 0 Å². The molecule has 0 spiro atoms. The van der Waals surface area contributed by atoms with Crippen LogP contribution in [0.25, 0.3) is 10.9 Å². The summed E-state index contributed by atoms with van der Waals surface area (Å²) < 4.78 is 25.4. The summed E-state index contributed by atoms with van der Waals surface area (Å²) in [7, 11) is -3.15. The summed E-state index contributed by atoms with van der Waals surface area (Å²) in [4.78, 5) is 3.41. The first-order chi connectivity index (χ1) is 9.02. The summed E-state index contributed by atoms with van der Waals surface area (Å²) in [5.74, 6) is 0. The van der Waals surface area contributed by atoms with E-state index in [2.05, 4.69) is 11.1 Å². The first kappa shape index (κ1) is 12.7. The number of nitrogens with zero attached hydrogens (tertiary/aromatic N) is 1. The fourth-order valence-electron chi connectivity index (χ4n) is 3.10. The van der Waals surface area contributed by atoms with Crippen LogP contribution in [0, 0.1) is 0 Å². The Labute approximate surface area is 113 Å². The van der Waals surface area contributed by atoms with Crippen molar-refractivity contribution in [1.82, 2.24) is 9.29 Å². The van der Waals surface area contributed by atoms with Crippen molar-refractivity contribution in [2.75, 3.05) is 12.8 Å². The van der Waals surface area contributed by atoms with Crippen LogP contribution in [0.3, 0.4) is 0 Å². The molecule has 1 aliphatic heterocycles. The average molecular weight is 278 g/mol. The van der Waals surface area contributed by atoms with Gasteiger partial charge in [0.25, 0.3) is 0 Å². The fraction of sp³-hybridized carbons (Fsp3) is 0.429. The highest BCUT2D eigenvalue weighted by Gasteiger charge is 2.33. The molecule has 0 bridgehead atoms. The smallest absolute Gasteiger partial charge is 0.211 e. The molecule has 3 rings (SSSR count). The molecule has 102 valence electrons. The summed E-state index contributed by atoms with van der Waals surface area (Å²) in [6, 6.07) is 8.12. The number of hydrogen-bond acceptors (Lipinski definition) is 2. The largest absolute Gasteiger partial charge is 0.357 e. The molecule has 2 heterocycles. The van der Waals surface area contributed by atoms with Crippen LogP contribution >= 0.6 is 0 Å². The maximum absolute atomic E-state index is 11.9. The summed E-state index contributed by atoms with van der Waals surface area (Å²) in [6.07, 6.45) is 2.86. The van der Waals surface area contributed by atoms with Gasteiger partial charge in [-0.3, -0.25) is 0 Å². The minimum absolute atomic E-state index is 0.0638. The van der Waals surface area contributed by atoms with Crippen LogP contribution in [0.1, 0.15) is 30.6 Å². The van der Waals surface area contributed by atoms with Gasteiger partial charge in [0.2, 0.25) is 10.0 Å². The predicted molar refractivity (Wildman–Crippen MR) is 76.6 cm³/mol. The Hall–Kier alpha value is -1.33. The van der Waals surface area contributed by atoms with Crippen molar-refractivity contribution in [2.45, 2.75) is 25.8 Å². The zero-order valence-electron chi connectivity index (χ0n) is 11.2. The molecule has 0 saturated heterocycles. The molecule has 1 N–H and O–H groups in total. The molecule has 1 atom stereocenters. The number of rotatable bonds is 2. The molecule has 1 aromatic heterocycles. The molecule has 1 unspecified atom stereocenters. The number of nitrogens with one attached hydrogen (secondary N) is 1. The molecule has 1 aliphatic rings. The zero-order valence-corrected chi connectivity index (χ0v) is 12.0. The van der Waals surface area contributed by atoms with Gasteiger partial charge in [-0.25, -0.2) is 8.42 Å². The maximum Gasteiger partial charge on any atom is 0.211 e. The highest BCUT2D eigenvalue weighted by Crippen LogP contribution is 2.37. The summed E-state index contributed by atoms with van der Waals surface area (Å²) >= 11 is 0. The first-order valence-electron chi connectivity index (χ1n) is 6.58. The van der Waals surface area contributed by atoms with Crippen LogP contribution in [-0.4, -0.2) is 30.5 Å². The maximum atomic E-state index is 11.9. The molecule has 5 heteroatoms. The standard InChI is InChI=1S/C14H18N2O2S/c1-3-13-14-11(8-9-16(13)19(2,17)18)10-6-4-5-7-12(10)15-14/h4-7,13,15H,3,8-9H2,1-2H3. The predicted octanol–water partition coefficient (Wildman–Crippen LogP) is 2.44. The lowest BCUT2D eigenvalue weighted by atomic mass is 9.98. The second kappa shape index (κ2) is 4.35. The number of para-hydroxylation sites is 1. The molecule has 1 aromatic carbocycles. The lowest BCUT2D eigenvalue weighted by Gasteiger charge is -2.33. The van der Waals surface area contributed by atoms with Crippen LogP contribution in [0.4, 0.5) is 0 Å². The van der Waals surface area contributed by atoms with E-state index >= 15 is 0 Å². The van der Waals surface area contributed by atoms with Gasteiger partial charge < -0.3 is 4.98 Å². The Bertz CT molecular complexity index is 718. The van der Waals surface area contributed by atoms with E-state index < -0.39 is 10.0 Å². The zero-order chi connectivity index (χ0) is 13.6. The third kappa shape index (κ3) is 1.97. The molecular formula is C14H18N2O2S. The molecular weight excluding hydrogens is 260 g/mol. The average Bonchev–Trinajstić information content (AvgIpc) is 2.75. The SMILES string of the molecule is CCC1c2[nH]c3ccccc3c2CCN1S(C)(=O)=O. The third-order valence-corrected chi connectivity index (χ3v) is 5.21. The van der Waals surface area contributed by atoms with Gasteiger partial charge in [0.15, 0.2) is 0 Å². The van der Waals surface area contributed by atoms with Gasteiger partial charge in [-0.2, -0.15) is 4.31 Å². The number of H-pyrrole nitrogens is 1. The third-order valence-electron chi connectivity index (χ3n) is 3.92. The van der Waals surface area contributed by atoms with Crippen LogP contribution in [0.2, 0.25) is 0 Å². The number of fused-ring (bicyclic) bond motifs is 3. The lowest BCUT2D eigenvalue weighted by Crippen LogP contribution is -2.39. The van der Waals surface area contributed by atoms with E-state index in [1.165, 1.54) is 17.2 Å². The highest BCUT2D eigenvalue weighted by atomic mass is 32.2. The van der Waals surface area contributed by atoms with Crippen molar-refractivity contribution in [3.8, 4) is 0 Å². The van der Waals surface area contributed by atoms with E-state index in [1.807, 2.05) is 25.1 Å². The number of benzene rings is 1. The molecule has 4 nitrogen and oxygen atoms in total. The van der Waals surface area contributed by atoms with Crippen molar-refractivity contribution in [3.63, 3.8) is 0 Å². The van der Waals surface area contributed by atoms with Crippen molar-refractivity contribution in [3.05, 3.63) is 35.5 Å². The van der Waals surface area contributed by atoms with Crippen molar-refractivity contribution in [1.29, 1.82) is 0 Å². The molecule has 19 heavy (non-hydrogen) atoms. The van der Waals surface area contributed by atoms with Gasteiger partial charge >= 0.3 is 0 Å². The van der Waals surface area contributed by atoms with E-state index in [1.54, 1.807) is 4.31 Å². The Morgan fingerprint density at radius 1 is 1.37 bits per heavy atom. The van der Waals surface area contributed by atoms with Gasteiger partial charge in [0, 0.05) is 23.1 Å². The quantitative estimate of drug-likeness (QED) is 0.917. The lowest BCUT2D eigenvalue weighted by molar-refractivity contribution is 0.299. The summed E-state index contributed by atoms with van der Waals surface area (Å²) in [6.45, 7) is 2.61. The van der Waals surface area contributed by atoms with Crippen LogP contribution in [-0.2, 0) is 16.4 Å². The Morgan fingerprint density at radius 3 is 2.79 bits per heavy atom. The summed E-state index contributed by atoms with van der Waals surface area (Å²) in [5, 5.41) is 1.23. The van der Waals surface area contributed by atoms with Crippen molar-refractivity contribution >= 4 is 20.9 Å². The highest BCUT2D eigenvalue weighted by molar-refractivity contribution is 7.88. The van der Waals surface area contributed by atoms with Gasteiger partial charge in [0.05, 0.1) is 12.3 Å². The van der Waals surface area contributed by atoms with E-state index in [4.69, 9.17) is 0 Å². The van der Waals surface area contributed by atoms with Gasteiger partial charge in [0.1, 0.15) is 0 Å². The van der Waals surface area contributed by atoms with E-state index in [0.29, 0.717) is 6.54 Å². The molecule has 0 aliphatic carbocycles. The normalized spacial score (nSPS) is 20.6. The molecule has 0 amide bonds. The van der Waals surface area contributed by atoms with Crippen LogP contribution in [0.5, 0.6) is 0 Å². The Kier molecular flexibility index (Phi) is 2.91. The van der Waals surface area contributed by atoms with E-state index in [-0.39, 0.29) is 6.04 Å². The molecule has 0 fully saturated rings. The van der Waals surface area contributed by atoms with Gasteiger partial charge in [-0.05, 0) is 24.5 Å². The minimum atomic E-state index is -3.15.